The van der Waals surface area contributed by atoms with E-state index in [0.29, 0.717) is 18.6 Å². The molecule has 1 N–H and O–H groups in total. The first-order valence-corrected chi connectivity index (χ1v) is 7.78. The van der Waals surface area contributed by atoms with Crippen LogP contribution < -0.4 is 9.47 Å². The summed E-state index contributed by atoms with van der Waals surface area (Å²) in [6, 6.07) is 3.89. The number of carbonyl (C=O) groups excluding carboxylic acids is 1. The van der Waals surface area contributed by atoms with E-state index < -0.39 is 6.10 Å². The largest absolute Gasteiger partial charge is 0.493 e. The van der Waals surface area contributed by atoms with E-state index in [1.54, 1.807) is 7.11 Å². The van der Waals surface area contributed by atoms with Crippen molar-refractivity contribution in [3.63, 3.8) is 0 Å². The number of carbonyl (C=O) groups is 1. The van der Waals surface area contributed by atoms with Crippen molar-refractivity contribution in [2.45, 2.75) is 37.4 Å². The number of ether oxygens (including phenoxy) is 3. The second-order valence-corrected chi connectivity index (χ2v) is 6.42. The maximum absolute atomic E-state index is 12.2. The minimum absolute atomic E-state index is 0.0571. The monoisotopic (exact) mass is 304 g/mol. The van der Waals surface area contributed by atoms with Gasteiger partial charge in [-0.2, -0.15) is 0 Å². The minimum atomic E-state index is -0.498. The van der Waals surface area contributed by atoms with Gasteiger partial charge in [-0.25, -0.2) is 0 Å². The van der Waals surface area contributed by atoms with Crippen molar-refractivity contribution in [3.05, 3.63) is 23.3 Å². The molecule has 1 aromatic rings. The Kier molecular flexibility index (Phi) is 3.08. The molecule has 3 aliphatic rings. The van der Waals surface area contributed by atoms with Crippen LogP contribution in [0.5, 0.6) is 11.5 Å². The summed E-state index contributed by atoms with van der Waals surface area (Å²) < 4.78 is 16.5. The number of rotatable bonds is 2. The van der Waals surface area contributed by atoms with Crippen LogP contribution in [0.3, 0.4) is 0 Å². The van der Waals surface area contributed by atoms with Gasteiger partial charge in [0.1, 0.15) is 6.10 Å². The predicted molar refractivity (Wildman–Crippen MR) is 78.1 cm³/mol. The van der Waals surface area contributed by atoms with Crippen molar-refractivity contribution in [1.29, 1.82) is 0 Å². The van der Waals surface area contributed by atoms with E-state index in [0.717, 1.165) is 23.3 Å². The summed E-state index contributed by atoms with van der Waals surface area (Å²) in [4.78, 5) is 12.2. The molecule has 0 saturated heterocycles. The fourth-order valence-electron chi connectivity index (χ4n) is 4.55. The first-order chi connectivity index (χ1) is 10.7. The van der Waals surface area contributed by atoms with E-state index in [4.69, 9.17) is 14.2 Å². The highest BCUT2D eigenvalue weighted by molar-refractivity contribution is 5.75. The van der Waals surface area contributed by atoms with E-state index in [1.807, 2.05) is 12.1 Å². The summed E-state index contributed by atoms with van der Waals surface area (Å²) in [5.74, 6) is 1.37. The quantitative estimate of drug-likeness (QED) is 0.842. The van der Waals surface area contributed by atoms with Crippen LogP contribution in [0.2, 0.25) is 0 Å². The molecule has 1 aromatic carbocycles. The Hall–Kier alpha value is -1.75. The summed E-state index contributed by atoms with van der Waals surface area (Å²) in [5.41, 5.74) is 2.25. The first-order valence-electron chi connectivity index (χ1n) is 7.78. The zero-order valence-electron chi connectivity index (χ0n) is 12.7. The topological polar surface area (TPSA) is 65.0 Å². The highest BCUT2D eigenvalue weighted by atomic mass is 16.5. The molecule has 0 amide bonds. The molecule has 1 aliphatic heterocycles. The van der Waals surface area contributed by atoms with Crippen LogP contribution in [0.15, 0.2) is 12.1 Å². The fourth-order valence-corrected chi connectivity index (χ4v) is 4.55. The molecular weight excluding hydrogens is 284 g/mol. The maximum atomic E-state index is 12.2. The van der Waals surface area contributed by atoms with Crippen LogP contribution in [0.4, 0.5) is 0 Å². The molecule has 5 atom stereocenters. The van der Waals surface area contributed by atoms with Crippen LogP contribution in [0.25, 0.3) is 0 Å². The van der Waals surface area contributed by atoms with Crippen molar-refractivity contribution in [2.24, 2.45) is 11.8 Å². The van der Waals surface area contributed by atoms with Crippen molar-refractivity contribution >= 4 is 5.97 Å². The average Bonchev–Trinajstić information content (AvgIpc) is 2.95. The third-order valence-corrected chi connectivity index (χ3v) is 5.51. The van der Waals surface area contributed by atoms with Crippen LogP contribution in [0, 0.1) is 11.8 Å². The molecule has 4 rings (SSSR count). The number of esters is 1. The van der Waals surface area contributed by atoms with E-state index in [-0.39, 0.29) is 29.8 Å². The molecule has 2 aliphatic carbocycles. The Morgan fingerprint density at radius 3 is 2.86 bits per heavy atom. The molecular formula is C17H20O5. The van der Waals surface area contributed by atoms with Gasteiger partial charge in [-0.15, -0.1) is 0 Å². The van der Waals surface area contributed by atoms with Crippen LogP contribution in [-0.2, 0) is 16.0 Å². The molecule has 5 nitrogen and oxygen atoms in total. The Labute approximate surface area is 129 Å². The van der Waals surface area contributed by atoms with Gasteiger partial charge in [0.25, 0.3) is 0 Å². The number of aliphatic hydroxyl groups is 1. The van der Waals surface area contributed by atoms with E-state index in [2.05, 4.69) is 0 Å². The lowest BCUT2D eigenvalue weighted by molar-refractivity contribution is -0.150. The molecule has 0 radical (unpaired) electrons. The van der Waals surface area contributed by atoms with Crippen molar-refractivity contribution in [2.75, 3.05) is 14.2 Å². The Balaban J connectivity index is 1.86. The van der Waals surface area contributed by atoms with Gasteiger partial charge in [-0.1, -0.05) is 6.07 Å². The maximum Gasteiger partial charge on any atom is 0.309 e. The molecule has 0 unspecified atom stereocenters. The lowest BCUT2D eigenvalue weighted by Crippen LogP contribution is -2.47. The molecule has 22 heavy (non-hydrogen) atoms. The van der Waals surface area contributed by atoms with Gasteiger partial charge in [0.05, 0.1) is 26.2 Å². The molecule has 118 valence electrons. The number of benzene rings is 1. The highest BCUT2D eigenvalue weighted by Crippen LogP contribution is 2.58. The summed E-state index contributed by atoms with van der Waals surface area (Å²) >= 11 is 0. The van der Waals surface area contributed by atoms with Gasteiger partial charge in [0.2, 0.25) is 0 Å². The second kappa shape index (κ2) is 4.88. The van der Waals surface area contributed by atoms with Gasteiger partial charge in [-0.3, -0.25) is 4.79 Å². The van der Waals surface area contributed by atoms with E-state index in [9.17, 15) is 9.90 Å². The highest BCUT2D eigenvalue weighted by Gasteiger charge is 2.54. The minimum Gasteiger partial charge on any atom is -0.493 e. The SMILES string of the molecule is COC(=O)[C@H]1Cc2ccc(OC)c3c2[C@H]2[C@@H]1CC[C@H](O)[C@H]2O3. The van der Waals surface area contributed by atoms with Crippen molar-refractivity contribution in [1.82, 2.24) is 0 Å². The molecule has 5 heteroatoms. The fraction of sp³-hybridized carbons (Fsp3) is 0.588. The number of hydrogen-bond donors (Lipinski definition) is 1. The molecule has 1 fully saturated rings. The standard InChI is InChI=1S/C17H20O5/c1-20-12-6-3-8-7-10(17(19)21-2)9-4-5-11(18)15-14(9)13(8)16(12)22-15/h3,6,9-11,14-15,18H,4-5,7H2,1-2H3/t9-,10+,11+,14-,15-/m1/s1. The zero-order chi connectivity index (χ0) is 15.4. The lowest BCUT2D eigenvalue weighted by Gasteiger charge is -2.42. The third kappa shape index (κ3) is 1.72. The van der Waals surface area contributed by atoms with Crippen molar-refractivity contribution < 1.29 is 24.1 Å². The summed E-state index contributed by atoms with van der Waals surface area (Å²) in [7, 11) is 3.06. The predicted octanol–water partition coefficient (Wildman–Crippen LogP) is 1.66. The third-order valence-electron chi connectivity index (χ3n) is 5.51. The summed E-state index contributed by atoms with van der Waals surface area (Å²) in [5, 5.41) is 10.3. The van der Waals surface area contributed by atoms with Crippen LogP contribution in [-0.4, -0.2) is 37.5 Å². The van der Waals surface area contributed by atoms with E-state index in [1.165, 1.54) is 7.11 Å². The smallest absolute Gasteiger partial charge is 0.309 e. The molecule has 0 bridgehead atoms. The van der Waals surface area contributed by atoms with Gasteiger partial charge >= 0.3 is 5.97 Å². The van der Waals surface area contributed by atoms with Crippen LogP contribution in [0.1, 0.15) is 29.9 Å². The molecule has 1 saturated carbocycles. The zero-order valence-corrected chi connectivity index (χ0v) is 12.7. The van der Waals surface area contributed by atoms with Crippen molar-refractivity contribution in [3.8, 4) is 11.5 Å². The summed E-state index contributed by atoms with van der Waals surface area (Å²) in [6.45, 7) is 0. The van der Waals surface area contributed by atoms with Gasteiger partial charge in [-0.05, 0) is 36.8 Å². The average molecular weight is 304 g/mol. The number of hydrogen-bond acceptors (Lipinski definition) is 5. The second-order valence-electron chi connectivity index (χ2n) is 6.42. The first kappa shape index (κ1) is 13.9. The number of aliphatic hydroxyl groups excluding tert-OH is 1. The van der Waals surface area contributed by atoms with Crippen LogP contribution >= 0.6 is 0 Å². The van der Waals surface area contributed by atoms with Gasteiger partial charge in [0, 0.05) is 11.5 Å². The Morgan fingerprint density at radius 2 is 2.14 bits per heavy atom. The normalized spacial score (nSPS) is 34.6. The Bertz CT molecular complexity index is 626. The molecule has 0 spiro atoms. The lowest BCUT2D eigenvalue weighted by atomic mass is 9.62. The number of methoxy groups -OCH3 is 2. The molecule has 1 heterocycles. The van der Waals surface area contributed by atoms with Gasteiger partial charge in [0.15, 0.2) is 11.5 Å². The van der Waals surface area contributed by atoms with Gasteiger partial charge < -0.3 is 19.3 Å². The molecule has 0 aromatic heterocycles. The van der Waals surface area contributed by atoms with E-state index >= 15 is 0 Å². The summed E-state index contributed by atoms with van der Waals surface area (Å²) in [6.07, 6.45) is 1.37. The Morgan fingerprint density at radius 1 is 1.32 bits per heavy atom.